The first-order chi connectivity index (χ1) is 15.5. The van der Waals surface area contributed by atoms with Crippen molar-refractivity contribution in [3.63, 3.8) is 0 Å². The maximum atomic E-state index is 13.2. The van der Waals surface area contributed by atoms with Crippen LogP contribution in [0.25, 0.3) is 5.82 Å². The lowest BCUT2D eigenvalue weighted by atomic mass is 9.95. The normalized spacial score (nSPS) is 14.1. The van der Waals surface area contributed by atoms with E-state index in [1.165, 1.54) is 12.1 Å². The van der Waals surface area contributed by atoms with Crippen molar-refractivity contribution in [3.8, 4) is 17.4 Å². The number of amides is 1. The standard InChI is InChI=1S/C25H21FN4O2/c1-17-27-22(30-14-2-3-15-30)16-23(28-17)32-21-10-8-20(9-11-21)29-24(31)25(12-13-25)18-4-6-19(26)7-5-18/h2-11,14-16H,12-13H2,1H3,(H,29,31). The summed E-state index contributed by atoms with van der Waals surface area (Å²) >= 11 is 0. The number of hydrogen-bond donors (Lipinski definition) is 1. The molecule has 0 bridgehead atoms. The number of nitrogens with zero attached hydrogens (tertiary/aromatic N) is 3. The quantitative estimate of drug-likeness (QED) is 0.460. The van der Waals surface area contributed by atoms with Gasteiger partial charge in [-0.25, -0.2) is 9.37 Å². The van der Waals surface area contributed by atoms with Crippen LogP contribution in [-0.4, -0.2) is 20.4 Å². The number of benzene rings is 2. The van der Waals surface area contributed by atoms with Gasteiger partial charge < -0.3 is 14.6 Å². The predicted molar refractivity (Wildman–Crippen MR) is 119 cm³/mol. The van der Waals surface area contributed by atoms with Crippen LogP contribution in [0.2, 0.25) is 0 Å². The van der Waals surface area contributed by atoms with Gasteiger partial charge in [0, 0.05) is 24.1 Å². The third-order valence-corrected chi connectivity index (χ3v) is 5.59. The molecular weight excluding hydrogens is 407 g/mol. The summed E-state index contributed by atoms with van der Waals surface area (Å²) in [6.07, 6.45) is 5.31. The van der Waals surface area contributed by atoms with Gasteiger partial charge in [0.1, 0.15) is 23.2 Å². The summed E-state index contributed by atoms with van der Waals surface area (Å²) in [6, 6.07) is 18.9. The average molecular weight is 428 g/mol. The monoisotopic (exact) mass is 428 g/mol. The van der Waals surface area contributed by atoms with E-state index in [0.717, 1.165) is 24.2 Å². The van der Waals surface area contributed by atoms with Gasteiger partial charge in [0.25, 0.3) is 0 Å². The number of anilines is 1. The van der Waals surface area contributed by atoms with E-state index in [0.29, 0.717) is 23.1 Å². The van der Waals surface area contributed by atoms with Crippen molar-refractivity contribution in [2.24, 2.45) is 0 Å². The second-order valence-electron chi connectivity index (χ2n) is 7.87. The first-order valence-corrected chi connectivity index (χ1v) is 10.4. The minimum atomic E-state index is -0.573. The molecule has 0 unspecified atom stereocenters. The van der Waals surface area contributed by atoms with Gasteiger partial charge in [0.15, 0.2) is 0 Å². The Morgan fingerprint density at radius 2 is 1.72 bits per heavy atom. The highest BCUT2D eigenvalue weighted by Gasteiger charge is 2.51. The topological polar surface area (TPSA) is 69.0 Å². The highest BCUT2D eigenvalue weighted by molar-refractivity contribution is 6.01. The number of carbonyl (C=O) groups excluding carboxylic acids is 1. The van der Waals surface area contributed by atoms with Crippen molar-refractivity contribution < 1.29 is 13.9 Å². The molecule has 1 fully saturated rings. The number of nitrogens with one attached hydrogen (secondary N) is 1. The van der Waals surface area contributed by atoms with Gasteiger partial charge in [0.05, 0.1) is 5.41 Å². The SMILES string of the molecule is Cc1nc(Oc2ccc(NC(=O)C3(c4ccc(F)cc4)CC3)cc2)cc(-n2cccc2)n1. The summed E-state index contributed by atoms with van der Waals surface area (Å²) in [7, 11) is 0. The Balaban J connectivity index is 1.28. The van der Waals surface area contributed by atoms with E-state index in [-0.39, 0.29) is 11.7 Å². The number of carbonyl (C=O) groups is 1. The molecule has 5 rings (SSSR count). The Morgan fingerprint density at radius 3 is 2.38 bits per heavy atom. The van der Waals surface area contributed by atoms with Gasteiger partial charge in [-0.3, -0.25) is 4.79 Å². The van der Waals surface area contributed by atoms with Crippen LogP contribution < -0.4 is 10.1 Å². The Labute approximate surface area is 184 Å². The maximum absolute atomic E-state index is 13.2. The van der Waals surface area contributed by atoms with Crippen LogP contribution >= 0.6 is 0 Å². The van der Waals surface area contributed by atoms with Crippen LogP contribution in [0.3, 0.4) is 0 Å². The number of aryl methyl sites for hydroxylation is 1. The molecule has 0 spiro atoms. The minimum Gasteiger partial charge on any atom is -0.439 e. The maximum Gasteiger partial charge on any atom is 0.235 e. The van der Waals surface area contributed by atoms with Crippen molar-refractivity contribution in [1.82, 2.24) is 14.5 Å². The fraction of sp³-hybridized carbons (Fsp3) is 0.160. The van der Waals surface area contributed by atoms with Crippen LogP contribution in [-0.2, 0) is 10.2 Å². The number of ether oxygens (including phenoxy) is 1. The van der Waals surface area contributed by atoms with Crippen molar-refractivity contribution in [2.75, 3.05) is 5.32 Å². The Hall–Kier alpha value is -4.00. The van der Waals surface area contributed by atoms with Crippen LogP contribution in [0.4, 0.5) is 10.1 Å². The van der Waals surface area contributed by atoms with Gasteiger partial charge in [-0.2, -0.15) is 4.98 Å². The molecule has 0 aliphatic heterocycles. The molecule has 1 aliphatic carbocycles. The van der Waals surface area contributed by atoms with E-state index in [2.05, 4.69) is 15.3 Å². The zero-order chi connectivity index (χ0) is 22.1. The Bertz CT molecular complexity index is 1250. The smallest absolute Gasteiger partial charge is 0.235 e. The van der Waals surface area contributed by atoms with Crippen LogP contribution in [0.5, 0.6) is 11.6 Å². The Morgan fingerprint density at radius 1 is 1.03 bits per heavy atom. The largest absolute Gasteiger partial charge is 0.439 e. The average Bonchev–Trinajstić information content (AvgIpc) is 3.41. The summed E-state index contributed by atoms with van der Waals surface area (Å²) in [5.74, 6) is 1.97. The highest BCUT2D eigenvalue weighted by atomic mass is 19.1. The van der Waals surface area contributed by atoms with E-state index in [1.54, 1.807) is 42.5 Å². The van der Waals surface area contributed by atoms with Gasteiger partial charge >= 0.3 is 0 Å². The second-order valence-corrected chi connectivity index (χ2v) is 7.87. The summed E-state index contributed by atoms with van der Waals surface area (Å²) in [5, 5.41) is 2.97. The number of halogens is 1. The molecule has 1 aliphatic rings. The van der Waals surface area contributed by atoms with Gasteiger partial charge in [-0.1, -0.05) is 12.1 Å². The fourth-order valence-corrected chi connectivity index (χ4v) is 3.72. The first kappa shape index (κ1) is 19.9. The number of rotatable bonds is 6. The van der Waals surface area contributed by atoms with Crippen molar-refractivity contribution >= 4 is 11.6 Å². The predicted octanol–water partition coefficient (Wildman–Crippen LogP) is 5.18. The lowest BCUT2D eigenvalue weighted by Crippen LogP contribution is -2.27. The van der Waals surface area contributed by atoms with Crippen molar-refractivity contribution in [2.45, 2.75) is 25.2 Å². The molecule has 0 atom stereocenters. The van der Waals surface area contributed by atoms with Crippen LogP contribution in [0.1, 0.15) is 24.2 Å². The highest BCUT2D eigenvalue weighted by Crippen LogP contribution is 2.49. The molecule has 1 saturated carbocycles. The second kappa shape index (κ2) is 7.92. The molecule has 32 heavy (non-hydrogen) atoms. The van der Waals surface area contributed by atoms with E-state index in [4.69, 9.17) is 4.74 Å². The molecule has 2 heterocycles. The third-order valence-electron chi connectivity index (χ3n) is 5.59. The number of aromatic nitrogens is 3. The zero-order valence-electron chi connectivity index (χ0n) is 17.5. The molecule has 2 aromatic carbocycles. The lowest BCUT2D eigenvalue weighted by molar-refractivity contribution is -0.118. The zero-order valence-corrected chi connectivity index (χ0v) is 17.5. The lowest BCUT2D eigenvalue weighted by Gasteiger charge is -2.16. The van der Waals surface area contributed by atoms with E-state index >= 15 is 0 Å². The van der Waals surface area contributed by atoms with E-state index in [9.17, 15) is 9.18 Å². The summed E-state index contributed by atoms with van der Waals surface area (Å²) in [5.41, 5.74) is 0.938. The third kappa shape index (κ3) is 3.97. The fourth-order valence-electron chi connectivity index (χ4n) is 3.72. The van der Waals surface area contributed by atoms with Gasteiger partial charge in [-0.15, -0.1) is 0 Å². The van der Waals surface area contributed by atoms with Crippen molar-refractivity contribution in [3.05, 3.63) is 96.3 Å². The molecule has 7 heteroatoms. The van der Waals surface area contributed by atoms with Crippen molar-refractivity contribution in [1.29, 1.82) is 0 Å². The Kier molecular flexibility index (Phi) is 4.93. The minimum absolute atomic E-state index is 0.0828. The number of hydrogen-bond acceptors (Lipinski definition) is 4. The van der Waals surface area contributed by atoms with Gasteiger partial charge in [0.2, 0.25) is 11.8 Å². The molecule has 0 radical (unpaired) electrons. The summed E-state index contributed by atoms with van der Waals surface area (Å²) in [4.78, 5) is 21.7. The van der Waals surface area contributed by atoms with Crippen LogP contribution in [0.15, 0.2) is 79.1 Å². The molecule has 1 amide bonds. The molecular formula is C25H21FN4O2. The summed E-state index contributed by atoms with van der Waals surface area (Å²) < 4.78 is 21.0. The summed E-state index contributed by atoms with van der Waals surface area (Å²) in [6.45, 7) is 1.81. The first-order valence-electron chi connectivity index (χ1n) is 10.4. The van der Waals surface area contributed by atoms with Gasteiger partial charge in [-0.05, 0) is 73.9 Å². The molecule has 6 nitrogen and oxygen atoms in total. The molecule has 1 N–H and O–H groups in total. The molecule has 160 valence electrons. The molecule has 2 aromatic heterocycles. The van der Waals surface area contributed by atoms with Crippen LogP contribution in [0, 0.1) is 12.7 Å². The van der Waals surface area contributed by atoms with E-state index < -0.39 is 5.41 Å². The molecule has 4 aromatic rings. The van der Waals surface area contributed by atoms with E-state index in [1.807, 2.05) is 36.0 Å². The molecule has 0 saturated heterocycles.